The first-order chi connectivity index (χ1) is 14.1. The van der Waals surface area contributed by atoms with E-state index in [0.29, 0.717) is 13.1 Å². The first-order valence-electron chi connectivity index (χ1n) is 10.3. The van der Waals surface area contributed by atoms with Crippen LogP contribution in [0.15, 0.2) is 34.6 Å². The molecule has 1 fully saturated rings. The molecule has 1 saturated carbocycles. The molecular formula is C22H33IN4O2S. The van der Waals surface area contributed by atoms with Crippen molar-refractivity contribution in [3.8, 4) is 5.75 Å². The third kappa shape index (κ3) is 7.39. The molecule has 0 radical (unpaired) electrons. The zero-order valence-corrected chi connectivity index (χ0v) is 21.4. The predicted octanol–water partition coefficient (Wildman–Crippen LogP) is 4.85. The average Bonchev–Trinajstić information content (AvgIpc) is 3.46. The Morgan fingerprint density at radius 2 is 2.13 bits per heavy atom. The van der Waals surface area contributed by atoms with E-state index >= 15 is 0 Å². The van der Waals surface area contributed by atoms with Crippen molar-refractivity contribution in [1.82, 2.24) is 15.2 Å². The van der Waals surface area contributed by atoms with Crippen molar-refractivity contribution in [2.45, 2.75) is 45.9 Å². The van der Waals surface area contributed by atoms with Gasteiger partial charge in [-0.15, -0.1) is 35.3 Å². The number of thiazole rings is 1. The second-order valence-corrected chi connectivity index (χ2v) is 8.33. The van der Waals surface area contributed by atoms with E-state index in [1.54, 1.807) is 18.4 Å². The number of ether oxygens (including phenoxy) is 2. The molecule has 6 nitrogen and oxygen atoms in total. The van der Waals surface area contributed by atoms with E-state index in [4.69, 9.17) is 19.5 Å². The molecule has 30 heavy (non-hydrogen) atoms. The summed E-state index contributed by atoms with van der Waals surface area (Å²) in [7, 11) is 3.75. The first kappa shape index (κ1) is 24.9. The van der Waals surface area contributed by atoms with Gasteiger partial charge in [-0.1, -0.05) is 18.2 Å². The molecule has 1 unspecified atom stereocenters. The van der Waals surface area contributed by atoms with Crippen LogP contribution in [0.2, 0.25) is 0 Å². The van der Waals surface area contributed by atoms with Crippen molar-refractivity contribution in [2.24, 2.45) is 10.9 Å². The smallest absolute Gasteiger partial charge is 0.194 e. The third-order valence-electron chi connectivity index (χ3n) is 4.91. The summed E-state index contributed by atoms with van der Waals surface area (Å²) < 4.78 is 11.4. The second-order valence-electron chi connectivity index (χ2n) is 7.44. The highest BCUT2D eigenvalue weighted by atomic mass is 127. The number of halogens is 1. The lowest BCUT2D eigenvalue weighted by Gasteiger charge is -2.21. The summed E-state index contributed by atoms with van der Waals surface area (Å²) in [5.74, 6) is 2.54. The lowest BCUT2D eigenvalue weighted by Crippen LogP contribution is -2.38. The van der Waals surface area contributed by atoms with Crippen LogP contribution in [0.4, 0.5) is 0 Å². The van der Waals surface area contributed by atoms with Gasteiger partial charge in [0.05, 0.1) is 25.4 Å². The van der Waals surface area contributed by atoms with E-state index < -0.39 is 0 Å². The molecule has 8 heteroatoms. The lowest BCUT2D eigenvalue weighted by molar-refractivity contribution is 0.119. The van der Waals surface area contributed by atoms with Crippen molar-refractivity contribution in [2.75, 3.05) is 27.3 Å². The third-order valence-corrected chi connectivity index (χ3v) is 5.96. The normalized spacial score (nSPS) is 14.7. The molecule has 1 aromatic carbocycles. The summed E-state index contributed by atoms with van der Waals surface area (Å²) in [5, 5.41) is 6.47. The summed E-state index contributed by atoms with van der Waals surface area (Å²) in [5.41, 5.74) is 2.14. The number of nitrogens with zero attached hydrogens (tertiary/aromatic N) is 3. The molecule has 2 aromatic rings. The van der Waals surface area contributed by atoms with Gasteiger partial charge in [0.15, 0.2) is 5.96 Å². The zero-order chi connectivity index (χ0) is 20.6. The molecule has 0 bridgehead atoms. The van der Waals surface area contributed by atoms with E-state index in [1.165, 1.54) is 12.8 Å². The van der Waals surface area contributed by atoms with Crippen LogP contribution in [-0.4, -0.2) is 43.2 Å². The highest BCUT2D eigenvalue weighted by Crippen LogP contribution is 2.30. The number of rotatable bonds is 10. The molecule has 1 aliphatic carbocycles. The number of hydrogen-bond donors (Lipinski definition) is 1. The molecule has 1 atom stereocenters. The Morgan fingerprint density at radius 3 is 2.83 bits per heavy atom. The minimum Gasteiger partial charge on any atom is -0.493 e. The molecular weight excluding hydrogens is 511 g/mol. The van der Waals surface area contributed by atoms with Gasteiger partial charge in [-0.3, -0.25) is 0 Å². The van der Waals surface area contributed by atoms with Gasteiger partial charge in [0.2, 0.25) is 0 Å². The van der Waals surface area contributed by atoms with E-state index in [9.17, 15) is 0 Å². The minimum absolute atomic E-state index is 0. The van der Waals surface area contributed by atoms with Gasteiger partial charge in [-0.05, 0) is 38.7 Å². The molecule has 0 aliphatic heterocycles. The maximum atomic E-state index is 6.02. The van der Waals surface area contributed by atoms with Crippen molar-refractivity contribution in [3.05, 3.63) is 45.9 Å². The van der Waals surface area contributed by atoms with Crippen molar-refractivity contribution < 1.29 is 9.47 Å². The van der Waals surface area contributed by atoms with Gasteiger partial charge >= 0.3 is 0 Å². The average molecular weight is 545 g/mol. The van der Waals surface area contributed by atoms with Crippen LogP contribution in [0.25, 0.3) is 0 Å². The van der Waals surface area contributed by atoms with Crippen LogP contribution >= 0.6 is 35.3 Å². The van der Waals surface area contributed by atoms with Gasteiger partial charge in [0.25, 0.3) is 0 Å². The largest absolute Gasteiger partial charge is 0.493 e. The molecule has 1 heterocycles. The Bertz CT molecular complexity index is 810. The van der Waals surface area contributed by atoms with Crippen molar-refractivity contribution in [1.29, 1.82) is 0 Å². The standard InChI is InChI=1S/C22H32N4O2S.HI/c1-5-23-22(26(3)13-19-15-29-21(25-19)16(2)27-4)24-12-18-8-6-7-9-20(18)28-14-17-10-11-17;/h6-9,15-17H,5,10-14H2,1-4H3,(H,23,24);1H. The highest BCUT2D eigenvalue weighted by Gasteiger charge is 2.22. The van der Waals surface area contributed by atoms with Crippen molar-refractivity contribution >= 4 is 41.3 Å². The first-order valence-corrected chi connectivity index (χ1v) is 11.2. The predicted molar refractivity (Wildman–Crippen MR) is 134 cm³/mol. The maximum absolute atomic E-state index is 6.02. The summed E-state index contributed by atoms with van der Waals surface area (Å²) in [4.78, 5) is 11.6. The maximum Gasteiger partial charge on any atom is 0.194 e. The molecule has 0 spiro atoms. The molecule has 1 N–H and O–H groups in total. The fourth-order valence-electron chi connectivity index (χ4n) is 2.90. The fourth-order valence-corrected chi connectivity index (χ4v) is 3.74. The Hall–Kier alpha value is -1.39. The Morgan fingerprint density at radius 1 is 1.37 bits per heavy atom. The highest BCUT2D eigenvalue weighted by molar-refractivity contribution is 14.0. The Kier molecular flexibility index (Phi) is 10.3. The van der Waals surface area contributed by atoms with Crippen LogP contribution in [0.5, 0.6) is 5.75 Å². The monoisotopic (exact) mass is 544 g/mol. The number of aliphatic imine (C=N–C) groups is 1. The van der Waals surface area contributed by atoms with Gasteiger partial charge in [-0.2, -0.15) is 0 Å². The van der Waals surface area contributed by atoms with E-state index in [1.807, 2.05) is 32.2 Å². The van der Waals surface area contributed by atoms with Gasteiger partial charge < -0.3 is 19.7 Å². The summed E-state index contributed by atoms with van der Waals surface area (Å²) in [6, 6.07) is 8.19. The van der Waals surface area contributed by atoms with E-state index in [2.05, 4.69) is 28.6 Å². The van der Waals surface area contributed by atoms with Gasteiger partial charge in [-0.25, -0.2) is 9.98 Å². The minimum atomic E-state index is 0. The number of para-hydroxylation sites is 1. The lowest BCUT2D eigenvalue weighted by atomic mass is 10.2. The van der Waals surface area contributed by atoms with Gasteiger partial charge in [0.1, 0.15) is 16.9 Å². The summed E-state index contributed by atoms with van der Waals surface area (Å²) in [6.45, 7) is 6.99. The van der Waals surface area contributed by atoms with Gasteiger partial charge in [0, 0.05) is 31.6 Å². The topological polar surface area (TPSA) is 59.0 Å². The van der Waals surface area contributed by atoms with Crippen LogP contribution < -0.4 is 10.1 Å². The Balaban J connectivity index is 0.00000320. The van der Waals surface area contributed by atoms with Crippen LogP contribution in [0, 0.1) is 5.92 Å². The second kappa shape index (κ2) is 12.5. The van der Waals surface area contributed by atoms with Crippen molar-refractivity contribution in [3.63, 3.8) is 0 Å². The molecule has 166 valence electrons. The molecule has 0 saturated heterocycles. The van der Waals surface area contributed by atoms with Crippen LogP contribution in [0.1, 0.15) is 49.1 Å². The number of guanidine groups is 1. The summed E-state index contributed by atoms with van der Waals surface area (Å²) in [6.07, 6.45) is 2.60. The summed E-state index contributed by atoms with van der Waals surface area (Å²) >= 11 is 1.63. The molecule has 1 aromatic heterocycles. The number of methoxy groups -OCH3 is 1. The molecule has 0 amide bonds. The number of nitrogens with one attached hydrogen (secondary N) is 1. The molecule has 3 rings (SSSR count). The number of benzene rings is 1. The van der Waals surface area contributed by atoms with Crippen LogP contribution in [-0.2, 0) is 17.8 Å². The SMILES string of the molecule is CCNC(=NCc1ccccc1OCC1CC1)N(C)Cc1csc(C(C)OC)n1.I. The van der Waals surface area contributed by atoms with E-state index in [0.717, 1.165) is 47.0 Å². The van der Waals surface area contributed by atoms with E-state index in [-0.39, 0.29) is 30.1 Å². The fraction of sp³-hybridized carbons (Fsp3) is 0.545. The Labute approximate surface area is 201 Å². The number of aromatic nitrogens is 1. The zero-order valence-electron chi connectivity index (χ0n) is 18.3. The van der Waals surface area contributed by atoms with Crippen LogP contribution in [0.3, 0.4) is 0 Å². The number of hydrogen-bond acceptors (Lipinski definition) is 5. The molecule has 1 aliphatic rings. The quantitative estimate of drug-likeness (QED) is 0.263.